The van der Waals surface area contributed by atoms with Gasteiger partial charge in [0.25, 0.3) is 5.91 Å². The van der Waals surface area contributed by atoms with Gasteiger partial charge in [-0.15, -0.1) is 0 Å². The normalized spacial score (nSPS) is 19.4. The molecule has 2 aliphatic rings. The summed E-state index contributed by atoms with van der Waals surface area (Å²) in [4.78, 5) is 22.1. The van der Waals surface area contributed by atoms with E-state index in [2.05, 4.69) is 59.2 Å². The summed E-state index contributed by atoms with van der Waals surface area (Å²) in [5, 5.41) is 12.0. The lowest BCUT2D eigenvalue weighted by Gasteiger charge is -2.31. The number of morpholine rings is 1. The van der Waals surface area contributed by atoms with Crippen LogP contribution in [0.2, 0.25) is 0 Å². The number of nitrogens with zero attached hydrogens (tertiary/aromatic N) is 3. The molecule has 0 spiro atoms. The number of hydrogen-bond donors (Lipinski definition) is 2. The summed E-state index contributed by atoms with van der Waals surface area (Å²) in [7, 11) is 0. The van der Waals surface area contributed by atoms with Crippen LogP contribution in [0.1, 0.15) is 73.4 Å². The van der Waals surface area contributed by atoms with Crippen LogP contribution in [0.4, 0.5) is 5.69 Å². The molecule has 2 N–H and O–H groups in total. The Morgan fingerprint density at radius 2 is 2.15 bits per heavy atom. The predicted octanol–water partition coefficient (Wildman–Crippen LogP) is 4.56. The van der Waals surface area contributed by atoms with Gasteiger partial charge in [0, 0.05) is 30.9 Å². The Morgan fingerprint density at radius 1 is 1.36 bits per heavy atom. The molecule has 0 saturated carbocycles. The van der Waals surface area contributed by atoms with Crippen molar-refractivity contribution in [2.75, 3.05) is 38.2 Å². The van der Waals surface area contributed by atoms with Crippen LogP contribution in [0.25, 0.3) is 5.57 Å². The summed E-state index contributed by atoms with van der Waals surface area (Å²) in [5.74, 6) is 0.167. The van der Waals surface area contributed by atoms with Gasteiger partial charge in [0.2, 0.25) is 0 Å². The second kappa shape index (κ2) is 9.90. The van der Waals surface area contributed by atoms with Crippen LogP contribution < -0.4 is 5.32 Å². The van der Waals surface area contributed by atoms with Crippen LogP contribution in [0.15, 0.2) is 30.5 Å². The molecule has 1 aromatic heterocycles. The number of aromatic nitrogens is 2. The summed E-state index contributed by atoms with van der Waals surface area (Å²) in [6.07, 6.45) is 6.82. The van der Waals surface area contributed by atoms with Crippen LogP contribution in [-0.4, -0.2) is 53.6 Å². The molecule has 1 amide bonds. The maximum absolute atomic E-state index is 12.8. The Balaban J connectivity index is 1.60. The number of anilines is 1. The number of benzene rings is 1. The molecule has 0 radical (unpaired) electrons. The van der Waals surface area contributed by atoms with Crippen molar-refractivity contribution < 1.29 is 9.53 Å². The lowest BCUT2D eigenvalue weighted by molar-refractivity contribution is 0.0357. The molecule has 33 heavy (non-hydrogen) atoms. The fourth-order valence-corrected chi connectivity index (χ4v) is 4.52. The zero-order chi connectivity index (χ0) is 23.4. The van der Waals surface area contributed by atoms with Crippen molar-refractivity contribution in [2.45, 2.75) is 46.0 Å². The number of aromatic amines is 1. The number of ether oxygens (including phenoxy) is 1. The highest BCUT2D eigenvalue weighted by molar-refractivity contribution is 6.03. The van der Waals surface area contributed by atoms with Gasteiger partial charge in [-0.1, -0.05) is 32.9 Å². The third-order valence-electron chi connectivity index (χ3n) is 6.73. The van der Waals surface area contributed by atoms with Gasteiger partial charge in [0.15, 0.2) is 5.82 Å². The summed E-state index contributed by atoms with van der Waals surface area (Å²) >= 11 is 0. The van der Waals surface area contributed by atoms with E-state index in [9.17, 15) is 4.79 Å². The van der Waals surface area contributed by atoms with E-state index in [1.54, 1.807) is 0 Å². The topological polar surface area (TPSA) is 94.0 Å². The van der Waals surface area contributed by atoms with E-state index in [-0.39, 0.29) is 17.4 Å². The first-order chi connectivity index (χ1) is 15.8. The van der Waals surface area contributed by atoms with Gasteiger partial charge in [-0.3, -0.25) is 9.69 Å². The first-order valence-corrected chi connectivity index (χ1v) is 11.7. The number of nitrogens with one attached hydrogen (secondary N) is 2. The Kier molecular flexibility index (Phi) is 6.96. The van der Waals surface area contributed by atoms with Crippen LogP contribution in [-0.2, 0) is 4.74 Å². The van der Waals surface area contributed by atoms with Gasteiger partial charge in [0.05, 0.1) is 19.4 Å². The first kappa shape index (κ1) is 23.2. The number of allylic oxidation sites excluding steroid dienone is 2. The zero-order valence-electron chi connectivity index (χ0n) is 19.8. The lowest BCUT2D eigenvalue weighted by atomic mass is 9.76. The number of imidazole rings is 1. The van der Waals surface area contributed by atoms with E-state index < -0.39 is 0 Å². The van der Waals surface area contributed by atoms with Crippen LogP contribution in [0, 0.1) is 16.7 Å². The average Bonchev–Trinajstić information content (AvgIpc) is 3.30. The monoisotopic (exact) mass is 447 g/mol. The second-order valence-electron chi connectivity index (χ2n) is 9.93. The molecule has 4 rings (SSSR count). The van der Waals surface area contributed by atoms with Crippen LogP contribution >= 0.6 is 0 Å². The van der Waals surface area contributed by atoms with E-state index in [1.807, 2.05) is 12.1 Å². The van der Waals surface area contributed by atoms with Crippen LogP contribution in [0.5, 0.6) is 0 Å². The lowest BCUT2D eigenvalue weighted by Crippen LogP contribution is -2.38. The summed E-state index contributed by atoms with van der Waals surface area (Å²) in [6.45, 7) is 11.4. The van der Waals surface area contributed by atoms with E-state index in [4.69, 9.17) is 10.00 Å². The Morgan fingerprint density at radius 3 is 2.82 bits per heavy atom. The SMILES string of the molecule is CC(CN1CCOCC1)c1ccc(NC(=O)c2ncc(C#N)[nH]2)c(C2=CCC(C)(C)CC2)c1. The molecule has 2 heterocycles. The predicted molar refractivity (Wildman–Crippen MR) is 129 cm³/mol. The number of amides is 1. The molecule has 1 unspecified atom stereocenters. The van der Waals surface area contributed by atoms with E-state index in [0.717, 1.165) is 63.4 Å². The van der Waals surface area contributed by atoms with Crippen LogP contribution in [0.3, 0.4) is 0 Å². The molecule has 0 bridgehead atoms. The van der Waals surface area contributed by atoms with Crippen molar-refractivity contribution in [1.29, 1.82) is 5.26 Å². The highest BCUT2D eigenvalue weighted by atomic mass is 16.5. The number of hydrogen-bond acceptors (Lipinski definition) is 5. The van der Waals surface area contributed by atoms with Gasteiger partial charge in [-0.05, 0) is 53.9 Å². The Bertz CT molecular complexity index is 1070. The highest BCUT2D eigenvalue weighted by Gasteiger charge is 2.24. The number of rotatable bonds is 6. The molecule has 1 aliphatic heterocycles. The minimum atomic E-state index is -0.344. The molecular formula is C26H33N5O2. The van der Waals surface area contributed by atoms with Crippen molar-refractivity contribution in [2.24, 2.45) is 5.41 Å². The minimum absolute atomic E-state index is 0.140. The van der Waals surface area contributed by atoms with Crippen molar-refractivity contribution in [1.82, 2.24) is 14.9 Å². The molecule has 174 valence electrons. The third-order valence-corrected chi connectivity index (χ3v) is 6.73. The average molecular weight is 448 g/mol. The van der Waals surface area contributed by atoms with Gasteiger partial charge in [-0.2, -0.15) is 5.26 Å². The van der Waals surface area contributed by atoms with Gasteiger partial charge >= 0.3 is 0 Å². The maximum atomic E-state index is 12.8. The van der Waals surface area contributed by atoms with Gasteiger partial charge in [-0.25, -0.2) is 4.98 Å². The molecular weight excluding hydrogens is 414 g/mol. The molecule has 1 fully saturated rings. The number of carbonyl (C=O) groups excluding carboxylic acids is 1. The molecule has 1 aliphatic carbocycles. The minimum Gasteiger partial charge on any atom is -0.379 e. The van der Waals surface area contributed by atoms with Crippen molar-refractivity contribution >= 4 is 17.2 Å². The van der Waals surface area contributed by atoms with Gasteiger partial charge < -0.3 is 15.0 Å². The van der Waals surface area contributed by atoms with E-state index in [0.29, 0.717) is 11.3 Å². The molecule has 7 nitrogen and oxygen atoms in total. The summed E-state index contributed by atoms with van der Waals surface area (Å²) < 4.78 is 5.49. The first-order valence-electron chi connectivity index (χ1n) is 11.7. The van der Waals surface area contributed by atoms with Gasteiger partial charge in [0.1, 0.15) is 11.8 Å². The molecule has 1 saturated heterocycles. The molecule has 1 aromatic carbocycles. The third kappa shape index (κ3) is 5.70. The maximum Gasteiger partial charge on any atom is 0.291 e. The molecule has 7 heteroatoms. The second-order valence-corrected chi connectivity index (χ2v) is 9.93. The van der Waals surface area contributed by atoms with E-state index >= 15 is 0 Å². The largest absolute Gasteiger partial charge is 0.379 e. The van der Waals surface area contributed by atoms with Crippen molar-refractivity contribution in [3.8, 4) is 6.07 Å². The summed E-state index contributed by atoms with van der Waals surface area (Å²) in [5.41, 5.74) is 4.98. The number of carbonyl (C=O) groups is 1. The van der Waals surface area contributed by atoms with Crippen molar-refractivity contribution in [3.05, 3.63) is 53.1 Å². The van der Waals surface area contributed by atoms with E-state index in [1.165, 1.54) is 17.3 Å². The number of H-pyrrole nitrogens is 1. The quantitative estimate of drug-likeness (QED) is 0.677. The fraction of sp³-hybridized carbons (Fsp3) is 0.500. The summed E-state index contributed by atoms with van der Waals surface area (Å²) in [6, 6.07) is 8.33. The smallest absolute Gasteiger partial charge is 0.291 e. The number of nitriles is 1. The molecule has 1 atom stereocenters. The zero-order valence-corrected chi connectivity index (χ0v) is 19.8. The standard InChI is InChI=1S/C26H33N5O2/c1-18(17-31-10-12-33-13-11-31)20-4-5-23(30-25(32)24-28-16-21(15-27)29-24)22(14-20)19-6-8-26(2,3)9-7-19/h4-6,14,16,18H,7-13,17H2,1-3H3,(H,28,29)(H,30,32). The highest BCUT2D eigenvalue weighted by Crippen LogP contribution is 2.40. The molecule has 2 aromatic rings. The Hall–Kier alpha value is -2.95. The fourth-order valence-electron chi connectivity index (χ4n) is 4.52. The Labute approximate surface area is 195 Å². The van der Waals surface area contributed by atoms with Crippen molar-refractivity contribution in [3.63, 3.8) is 0 Å².